The molecule has 0 heterocycles. The molecular weight excluding hydrogens is 303 g/mol. The highest BCUT2D eigenvalue weighted by atomic mass is 35.5. The van der Waals surface area contributed by atoms with Gasteiger partial charge in [0.05, 0.1) is 17.5 Å². The van der Waals surface area contributed by atoms with Crippen LogP contribution >= 0.6 is 23.2 Å². The largest absolute Gasteiger partial charge is 0.495 e. The molecule has 21 heavy (non-hydrogen) atoms. The molecule has 0 saturated heterocycles. The molecule has 3 rings (SSSR count). The molecule has 2 aromatic rings. The van der Waals surface area contributed by atoms with Crippen LogP contribution < -0.4 is 4.74 Å². The molecule has 0 aromatic heterocycles. The van der Waals surface area contributed by atoms with Crippen molar-refractivity contribution in [3.05, 3.63) is 64.2 Å². The summed E-state index contributed by atoms with van der Waals surface area (Å²) in [7, 11) is 1.62. The molecule has 110 valence electrons. The van der Waals surface area contributed by atoms with Gasteiger partial charge in [-0.25, -0.2) is 0 Å². The second kappa shape index (κ2) is 6.29. The van der Waals surface area contributed by atoms with E-state index in [0.29, 0.717) is 16.7 Å². The lowest BCUT2D eigenvalue weighted by molar-refractivity contribution is 0.414. The van der Waals surface area contributed by atoms with E-state index in [4.69, 9.17) is 27.9 Å². The van der Waals surface area contributed by atoms with E-state index in [0.717, 1.165) is 18.4 Å². The Hall–Kier alpha value is -1.18. The average Bonchev–Trinajstić information content (AvgIpc) is 2.53. The fourth-order valence-electron chi connectivity index (χ4n) is 3.18. The number of rotatable bonds is 3. The van der Waals surface area contributed by atoms with Crippen molar-refractivity contribution >= 4 is 23.2 Å². The lowest BCUT2D eigenvalue weighted by atomic mass is 9.79. The molecular formula is C18H18Cl2O. The van der Waals surface area contributed by atoms with Crippen molar-refractivity contribution in [1.82, 2.24) is 0 Å². The molecule has 0 fully saturated rings. The molecule has 1 aliphatic rings. The highest BCUT2D eigenvalue weighted by Crippen LogP contribution is 2.44. The van der Waals surface area contributed by atoms with Crippen LogP contribution in [0.25, 0.3) is 0 Å². The zero-order chi connectivity index (χ0) is 14.8. The van der Waals surface area contributed by atoms with Crippen LogP contribution in [-0.4, -0.2) is 7.11 Å². The first-order valence-electron chi connectivity index (χ1n) is 7.26. The summed E-state index contributed by atoms with van der Waals surface area (Å²) in [6, 6.07) is 14.5. The van der Waals surface area contributed by atoms with Gasteiger partial charge in [0.1, 0.15) is 5.75 Å². The maximum absolute atomic E-state index is 6.78. The first-order chi connectivity index (χ1) is 10.2. The number of ether oxygens (including phenoxy) is 1. The van der Waals surface area contributed by atoms with E-state index >= 15 is 0 Å². The minimum Gasteiger partial charge on any atom is -0.495 e. The topological polar surface area (TPSA) is 9.23 Å². The number of aryl methyl sites for hydroxylation is 1. The molecule has 2 aromatic carbocycles. The third-order valence-corrected chi connectivity index (χ3v) is 5.11. The van der Waals surface area contributed by atoms with E-state index in [1.165, 1.54) is 17.5 Å². The molecule has 1 aliphatic carbocycles. The molecule has 0 spiro atoms. The summed E-state index contributed by atoms with van der Waals surface area (Å²) in [5, 5.41) is 0.555. The Morgan fingerprint density at radius 2 is 2.00 bits per heavy atom. The Labute approximate surface area is 135 Å². The predicted octanol–water partition coefficient (Wildman–Crippen LogP) is 5.75. The van der Waals surface area contributed by atoms with Crippen molar-refractivity contribution in [2.24, 2.45) is 0 Å². The van der Waals surface area contributed by atoms with E-state index in [-0.39, 0.29) is 5.38 Å². The van der Waals surface area contributed by atoms with Crippen molar-refractivity contribution in [3.63, 3.8) is 0 Å². The fraction of sp³-hybridized carbons (Fsp3) is 0.333. The molecule has 2 unspecified atom stereocenters. The highest BCUT2D eigenvalue weighted by Gasteiger charge is 2.27. The normalized spacial score (nSPS) is 18.9. The van der Waals surface area contributed by atoms with Crippen LogP contribution in [0.15, 0.2) is 42.5 Å². The average molecular weight is 321 g/mol. The SMILES string of the molecule is COc1ccc(C(Cl)C2CCCc3ccccc32)cc1Cl. The monoisotopic (exact) mass is 320 g/mol. The van der Waals surface area contributed by atoms with E-state index in [9.17, 15) is 0 Å². The van der Waals surface area contributed by atoms with Crippen LogP contribution in [0.1, 0.15) is 40.8 Å². The van der Waals surface area contributed by atoms with Crippen molar-refractivity contribution in [2.45, 2.75) is 30.6 Å². The molecule has 0 bridgehead atoms. The van der Waals surface area contributed by atoms with Gasteiger partial charge in [-0.15, -0.1) is 11.6 Å². The van der Waals surface area contributed by atoms with Gasteiger partial charge in [0.25, 0.3) is 0 Å². The molecule has 0 amide bonds. The summed E-state index contributed by atoms with van der Waals surface area (Å²) in [6.07, 6.45) is 3.46. The lowest BCUT2D eigenvalue weighted by Crippen LogP contribution is -2.14. The van der Waals surface area contributed by atoms with E-state index in [2.05, 4.69) is 24.3 Å². The summed E-state index contributed by atoms with van der Waals surface area (Å²) in [5.74, 6) is 1.04. The van der Waals surface area contributed by atoms with Gasteiger partial charge in [0, 0.05) is 5.92 Å². The molecule has 0 N–H and O–H groups in total. The highest BCUT2D eigenvalue weighted by molar-refractivity contribution is 6.32. The number of hydrogen-bond donors (Lipinski definition) is 0. The summed E-state index contributed by atoms with van der Waals surface area (Å²) in [6.45, 7) is 0. The van der Waals surface area contributed by atoms with Crippen molar-refractivity contribution < 1.29 is 4.74 Å². The number of hydrogen-bond acceptors (Lipinski definition) is 1. The smallest absolute Gasteiger partial charge is 0.137 e. The second-order valence-electron chi connectivity index (χ2n) is 5.49. The van der Waals surface area contributed by atoms with Crippen LogP contribution in [0.4, 0.5) is 0 Å². The number of halogens is 2. The standard InChI is InChI=1S/C18H18Cl2O/c1-21-17-10-9-13(11-16(17)19)18(20)15-8-4-6-12-5-2-3-7-14(12)15/h2-3,5,7,9-11,15,18H,4,6,8H2,1H3. The quantitative estimate of drug-likeness (QED) is 0.654. The number of fused-ring (bicyclic) bond motifs is 1. The van der Waals surface area contributed by atoms with Crippen LogP contribution in [0.2, 0.25) is 5.02 Å². The molecule has 0 aliphatic heterocycles. The predicted molar refractivity (Wildman–Crippen MR) is 88.7 cm³/mol. The second-order valence-corrected chi connectivity index (χ2v) is 6.37. The Morgan fingerprint density at radius 3 is 2.76 bits per heavy atom. The van der Waals surface area contributed by atoms with Crippen molar-refractivity contribution in [1.29, 1.82) is 0 Å². The zero-order valence-corrected chi connectivity index (χ0v) is 13.5. The third kappa shape index (κ3) is 2.90. The van der Waals surface area contributed by atoms with Crippen LogP contribution in [0.5, 0.6) is 5.75 Å². The summed E-state index contributed by atoms with van der Waals surface area (Å²) in [4.78, 5) is 0. The lowest BCUT2D eigenvalue weighted by Gasteiger charge is -2.29. The molecule has 3 heteroatoms. The maximum atomic E-state index is 6.78. The van der Waals surface area contributed by atoms with Crippen molar-refractivity contribution in [3.8, 4) is 5.75 Å². The maximum Gasteiger partial charge on any atom is 0.137 e. The minimum atomic E-state index is -0.0603. The van der Waals surface area contributed by atoms with Gasteiger partial charge in [0.2, 0.25) is 0 Å². The molecule has 2 atom stereocenters. The summed E-state index contributed by atoms with van der Waals surface area (Å²) >= 11 is 13.0. The molecule has 0 saturated carbocycles. The molecule has 1 nitrogen and oxygen atoms in total. The third-order valence-electron chi connectivity index (χ3n) is 4.26. The summed E-state index contributed by atoms with van der Waals surface area (Å²) < 4.78 is 5.21. The van der Waals surface area contributed by atoms with E-state index in [1.54, 1.807) is 7.11 Å². The minimum absolute atomic E-state index is 0.0603. The van der Waals surface area contributed by atoms with Gasteiger partial charge >= 0.3 is 0 Å². The first-order valence-corrected chi connectivity index (χ1v) is 8.07. The number of alkyl halides is 1. The van der Waals surface area contributed by atoms with Gasteiger partial charge in [-0.05, 0) is 48.1 Å². The van der Waals surface area contributed by atoms with E-state index in [1.807, 2.05) is 18.2 Å². The molecule has 0 radical (unpaired) electrons. The number of methoxy groups -OCH3 is 1. The Kier molecular flexibility index (Phi) is 4.42. The Bertz CT molecular complexity index is 639. The van der Waals surface area contributed by atoms with Crippen LogP contribution in [-0.2, 0) is 6.42 Å². The first kappa shape index (κ1) is 14.7. The van der Waals surface area contributed by atoms with Gasteiger partial charge in [0.15, 0.2) is 0 Å². The fourth-order valence-corrected chi connectivity index (χ4v) is 3.85. The van der Waals surface area contributed by atoms with Crippen molar-refractivity contribution in [2.75, 3.05) is 7.11 Å². The number of benzene rings is 2. The van der Waals surface area contributed by atoms with Gasteiger partial charge in [-0.2, -0.15) is 0 Å². The Balaban J connectivity index is 1.92. The van der Waals surface area contributed by atoms with Crippen LogP contribution in [0.3, 0.4) is 0 Å². The van der Waals surface area contributed by atoms with Crippen LogP contribution in [0, 0.1) is 0 Å². The van der Waals surface area contributed by atoms with E-state index < -0.39 is 0 Å². The zero-order valence-electron chi connectivity index (χ0n) is 12.0. The van der Waals surface area contributed by atoms with Gasteiger partial charge in [-0.1, -0.05) is 41.9 Å². The Morgan fingerprint density at radius 1 is 1.19 bits per heavy atom. The van der Waals surface area contributed by atoms with Gasteiger partial charge in [-0.3, -0.25) is 0 Å². The van der Waals surface area contributed by atoms with Gasteiger partial charge < -0.3 is 4.74 Å². The summed E-state index contributed by atoms with van der Waals surface area (Å²) in [5.41, 5.74) is 3.87.